The Labute approximate surface area is 159 Å². The number of hydrogen-bond donors (Lipinski definition) is 2. The predicted molar refractivity (Wildman–Crippen MR) is 105 cm³/mol. The summed E-state index contributed by atoms with van der Waals surface area (Å²) in [4.78, 5) is 44.1. The Bertz CT molecular complexity index is 1110. The number of carbonyl (C=O) groups is 2. The van der Waals surface area contributed by atoms with Crippen molar-refractivity contribution in [1.29, 1.82) is 0 Å². The lowest BCUT2D eigenvalue weighted by Crippen LogP contribution is -2.21. The Morgan fingerprint density at radius 3 is 2.63 bits per heavy atom. The van der Waals surface area contributed by atoms with Gasteiger partial charge in [-0.15, -0.1) is 11.3 Å². The topological polar surface area (TPSA) is 101 Å². The van der Waals surface area contributed by atoms with Gasteiger partial charge in [0.15, 0.2) is 6.61 Å². The molecular formula is C19H19N3O4S. The highest BCUT2D eigenvalue weighted by Crippen LogP contribution is 2.27. The number of benzene rings is 1. The number of aryl methyl sites for hydroxylation is 4. The molecule has 0 atom stereocenters. The van der Waals surface area contributed by atoms with Crippen molar-refractivity contribution in [2.45, 2.75) is 27.7 Å². The second-order valence-corrected chi connectivity index (χ2v) is 7.31. The summed E-state index contributed by atoms with van der Waals surface area (Å²) in [5.74, 6) is -0.610. The molecule has 0 saturated heterocycles. The first kappa shape index (κ1) is 18.8. The van der Waals surface area contributed by atoms with E-state index in [1.54, 1.807) is 19.9 Å². The molecule has 2 heterocycles. The van der Waals surface area contributed by atoms with Crippen molar-refractivity contribution in [3.8, 4) is 0 Å². The van der Waals surface area contributed by atoms with E-state index in [-0.39, 0.29) is 10.4 Å². The zero-order valence-electron chi connectivity index (χ0n) is 15.4. The molecule has 27 heavy (non-hydrogen) atoms. The van der Waals surface area contributed by atoms with Gasteiger partial charge in [-0.2, -0.15) is 0 Å². The first-order chi connectivity index (χ1) is 12.8. The Morgan fingerprint density at radius 2 is 1.93 bits per heavy atom. The van der Waals surface area contributed by atoms with Crippen molar-refractivity contribution in [3.05, 3.63) is 55.9 Å². The summed E-state index contributed by atoms with van der Waals surface area (Å²) < 4.78 is 5.12. The second kappa shape index (κ2) is 7.32. The van der Waals surface area contributed by atoms with Gasteiger partial charge in [-0.05, 0) is 56.5 Å². The van der Waals surface area contributed by atoms with Crippen molar-refractivity contribution in [3.63, 3.8) is 0 Å². The lowest BCUT2D eigenvalue weighted by molar-refractivity contribution is -0.119. The number of carbonyl (C=O) groups excluding carboxylic acids is 2. The van der Waals surface area contributed by atoms with Gasteiger partial charge in [0.25, 0.3) is 11.5 Å². The van der Waals surface area contributed by atoms with E-state index in [2.05, 4.69) is 15.3 Å². The monoisotopic (exact) mass is 385 g/mol. The van der Waals surface area contributed by atoms with Crippen LogP contribution in [0.4, 0.5) is 5.69 Å². The molecule has 1 amide bonds. The van der Waals surface area contributed by atoms with E-state index in [1.165, 1.54) is 0 Å². The fraction of sp³-hybridized carbons (Fsp3) is 0.263. The third-order valence-corrected chi connectivity index (χ3v) is 5.40. The number of H-pyrrole nitrogens is 1. The largest absolute Gasteiger partial charge is 0.451 e. The highest BCUT2D eigenvalue weighted by Gasteiger charge is 2.20. The Morgan fingerprint density at radius 1 is 1.19 bits per heavy atom. The number of anilines is 1. The molecule has 0 aliphatic rings. The van der Waals surface area contributed by atoms with Crippen LogP contribution in [-0.4, -0.2) is 28.5 Å². The van der Waals surface area contributed by atoms with Crippen molar-refractivity contribution < 1.29 is 14.3 Å². The van der Waals surface area contributed by atoms with E-state index in [0.717, 1.165) is 22.5 Å². The smallest absolute Gasteiger partial charge is 0.349 e. The molecule has 3 aromatic rings. The van der Waals surface area contributed by atoms with Gasteiger partial charge in [0, 0.05) is 5.69 Å². The van der Waals surface area contributed by atoms with Crippen molar-refractivity contribution in [2.75, 3.05) is 11.9 Å². The Kier molecular flexibility index (Phi) is 5.09. The molecule has 0 radical (unpaired) electrons. The molecule has 0 saturated carbocycles. The molecule has 0 aliphatic carbocycles. The molecule has 2 N–H and O–H groups in total. The van der Waals surface area contributed by atoms with E-state index < -0.39 is 18.5 Å². The second-order valence-electron chi connectivity index (χ2n) is 6.31. The van der Waals surface area contributed by atoms with Crippen LogP contribution in [0.25, 0.3) is 10.2 Å². The molecule has 0 bridgehead atoms. The first-order valence-electron chi connectivity index (χ1n) is 8.30. The van der Waals surface area contributed by atoms with Crippen LogP contribution in [0.2, 0.25) is 0 Å². The molecule has 0 fully saturated rings. The molecule has 0 spiro atoms. The minimum atomic E-state index is -0.650. The molecule has 3 rings (SSSR count). The standard InChI is InChI=1S/C19H19N3O4S/c1-9-5-6-13(7-10(9)2)22-14(23)8-26-19(25)16-11(3)15-17(24)20-12(4)21-18(15)27-16/h5-7H,8H2,1-4H3,(H,22,23)(H,20,21,24). The zero-order valence-corrected chi connectivity index (χ0v) is 16.2. The Balaban J connectivity index is 1.70. The summed E-state index contributed by atoms with van der Waals surface area (Å²) in [5.41, 5.74) is 3.03. The lowest BCUT2D eigenvalue weighted by atomic mass is 10.1. The number of amides is 1. The summed E-state index contributed by atoms with van der Waals surface area (Å²) in [7, 11) is 0. The maximum Gasteiger partial charge on any atom is 0.349 e. The number of fused-ring (bicyclic) bond motifs is 1. The van der Waals surface area contributed by atoms with Gasteiger partial charge >= 0.3 is 5.97 Å². The van der Waals surface area contributed by atoms with Gasteiger partial charge < -0.3 is 15.0 Å². The van der Waals surface area contributed by atoms with E-state index in [9.17, 15) is 14.4 Å². The van der Waals surface area contributed by atoms with E-state index in [1.807, 2.05) is 26.0 Å². The minimum Gasteiger partial charge on any atom is -0.451 e. The maximum absolute atomic E-state index is 12.4. The van der Waals surface area contributed by atoms with Crippen LogP contribution in [-0.2, 0) is 9.53 Å². The van der Waals surface area contributed by atoms with E-state index in [0.29, 0.717) is 27.3 Å². The van der Waals surface area contributed by atoms with E-state index in [4.69, 9.17) is 4.74 Å². The molecule has 0 unspecified atom stereocenters. The molecule has 0 aliphatic heterocycles. The quantitative estimate of drug-likeness (QED) is 0.672. The van der Waals surface area contributed by atoms with Crippen molar-refractivity contribution in [2.24, 2.45) is 0 Å². The van der Waals surface area contributed by atoms with E-state index >= 15 is 0 Å². The molecule has 8 heteroatoms. The predicted octanol–water partition coefficient (Wildman–Crippen LogP) is 3.01. The summed E-state index contributed by atoms with van der Waals surface area (Å²) in [6.45, 7) is 6.86. The summed E-state index contributed by atoms with van der Waals surface area (Å²) in [5, 5.41) is 3.07. The van der Waals surface area contributed by atoms with Gasteiger partial charge in [-0.1, -0.05) is 6.07 Å². The fourth-order valence-corrected chi connectivity index (χ4v) is 3.78. The van der Waals surface area contributed by atoms with Gasteiger partial charge in [-0.25, -0.2) is 9.78 Å². The highest BCUT2D eigenvalue weighted by atomic mass is 32.1. The van der Waals surface area contributed by atoms with Gasteiger partial charge in [0.05, 0.1) is 5.39 Å². The van der Waals surface area contributed by atoms with Crippen LogP contribution in [0.15, 0.2) is 23.0 Å². The van der Waals surface area contributed by atoms with Crippen LogP contribution in [0.5, 0.6) is 0 Å². The van der Waals surface area contributed by atoms with Crippen LogP contribution >= 0.6 is 11.3 Å². The fourth-order valence-electron chi connectivity index (χ4n) is 2.66. The summed E-state index contributed by atoms with van der Waals surface area (Å²) in [6.07, 6.45) is 0. The Hall–Kier alpha value is -3.00. The highest BCUT2D eigenvalue weighted by molar-refractivity contribution is 7.20. The van der Waals surface area contributed by atoms with Crippen LogP contribution in [0.3, 0.4) is 0 Å². The molecule has 2 aromatic heterocycles. The maximum atomic E-state index is 12.4. The average Bonchev–Trinajstić information content (AvgIpc) is 2.93. The van der Waals surface area contributed by atoms with Gasteiger partial charge in [0.2, 0.25) is 0 Å². The zero-order chi connectivity index (χ0) is 19.7. The number of rotatable bonds is 4. The average molecular weight is 385 g/mol. The number of aromatic nitrogens is 2. The SMILES string of the molecule is Cc1nc2sc(C(=O)OCC(=O)Nc3ccc(C)c(C)c3)c(C)c2c(=O)[nH]1. The van der Waals surface area contributed by atoms with Gasteiger partial charge in [0.1, 0.15) is 15.5 Å². The third-order valence-electron chi connectivity index (χ3n) is 4.23. The van der Waals surface area contributed by atoms with Crippen LogP contribution in [0.1, 0.15) is 32.2 Å². The summed E-state index contributed by atoms with van der Waals surface area (Å²) >= 11 is 1.08. The minimum absolute atomic E-state index is 0.271. The number of hydrogen-bond acceptors (Lipinski definition) is 6. The number of esters is 1. The van der Waals surface area contributed by atoms with Crippen LogP contribution < -0.4 is 10.9 Å². The van der Waals surface area contributed by atoms with Gasteiger partial charge in [-0.3, -0.25) is 9.59 Å². The number of ether oxygens (including phenoxy) is 1. The number of aromatic amines is 1. The third kappa shape index (κ3) is 3.90. The molecule has 140 valence electrons. The molecular weight excluding hydrogens is 366 g/mol. The summed E-state index contributed by atoms with van der Waals surface area (Å²) in [6, 6.07) is 5.55. The lowest BCUT2D eigenvalue weighted by Gasteiger charge is -2.08. The number of nitrogens with one attached hydrogen (secondary N) is 2. The first-order valence-corrected chi connectivity index (χ1v) is 9.12. The molecule has 7 nitrogen and oxygen atoms in total. The van der Waals surface area contributed by atoms with Crippen molar-refractivity contribution >= 4 is 39.1 Å². The number of nitrogens with zero attached hydrogens (tertiary/aromatic N) is 1. The van der Waals surface area contributed by atoms with Crippen molar-refractivity contribution in [1.82, 2.24) is 9.97 Å². The normalized spacial score (nSPS) is 10.8. The number of thiophene rings is 1. The molecule has 1 aromatic carbocycles. The van der Waals surface area contributed by atoms with Crippen LogP contribution in [0, 0.1) is 27.7 Å².